The number of ether oxygens (including phenoxy) is 2. The maximum atomic E-state index is 13.2. The van der Waals surface area contributed by atoms with Crippen molar-refractivity contribution in [3.63, 3.8) is 0 Å². The number of carbonyl (C=O) groups is 2. The molecule has 3 rings (SSSR count). The molecule has 9 nitrogen and oxygen atoms in total. The molecule has 2 heterocycles. The average molecular weight is 385 g/mol. The van der Waals surface area contributed by atoms with E-state index >= 15 is 0 Å². The van der Waals surface area contributed by atoms with E-state index in [-0.39, 0.29) is 17.7 Å². The van der Waals surface area contributed by atoms with Gasteiger partial charge in [-0.15, -0.1) is 0 Å². The third-order valence-corrected chi connectivity index (χ3v) is 4.13. The van der Waals surface area contributed by atoms with Crippen molar-refractivity contribution in [2.75, 3.05) is 4.90 Å². The molecular formula is C19H19N3O6. The molecule has 1 aliphatic heterocycles. The lowest BCUT2D eigenvalue weighted by Gasteiger charge is -2.34. The van der Waals surface area contributed by atoms with E-state index in [1.165, 1.54) is 19.1 Å². The van der Waals surface area contributed by atoms with Crippen molar-refractivity contribution in [3.05, 3.63) is 58.1 Å². The second-order valence-electron chi connectivity index (χ2n) is 6.53. The number of carbonyl (C=O) groups excluding carboxylic acids is 2. The summed E-state index contributed by atoms with van der Waals surface area (Å²) in [6, 6.07) is 10.3. The minimum Gasteiger partial charge on any atom is -0.469 e. The number of rotatable bonds is 5. The maximum Gasteiger partial charge on any atom is 0.366 e. The molecule has 0 bridgehead atoms. The molecule has 0 radical (unpaired) electrons. The quantitative estimate of drug-likeness (QED) is 0.442. The SMILES string of the molecule is CC(C)OC(=O)C(C)N1C(=O)C(c2ccccc2)Oc2ccc([N+](=O)[O-])nc21. The van der Waals surface area contributed by atoms with Crippen LogP contribution in [0.25, 0.3) is 0 Å². The van der Waals surface area contributed by atoms with E-state index in [2.05, 4.69) is 4.98 Å². The summed E-state index contributed by atoms with van der Waals surface area (Å²) in [4.78, 5) is 41.1. The highest BCUT2D eigenvalue weighted by Crippen LogP contribution is 2.39. The topological polar surface area (TPSA) is 112 Å². The van der Waals surface area contributed by atoms with E-state index in [0.29, 0.717) is 5.56 Å². The molecule has 0 N–H and O–H groups in total. The highest BCUT2D eigenvalue weighted by atomic mass is 16.6. The fraction of sp³-hybridized carbons (Fsp3) is 0.316. The van der Waals surface area contributed by atoms with Crippen molar-refractivity contribution in [2.45, 2.75) is 39.0 Å². The molecule has 0 aliphatic carbocycles. The lowest BCUT2D eigenvalue weighted by molar-refractivity contribution is -0.389. The Balaban J connectivity index is 2.08. The number of aromatic nitrogens is 1. The molecule has 1 aromatic carbocycles. The highest BCUT2D eigenvalue weighted by Gasteiger charge is 2.44. The Hall–Kier alpha value is -3.49. The number of amides is 1. The zero-order chi connectivity index (χ0) is 20.4. The first kappa shape index (κ1) is 19.3. The molecule has 0 fully saturated rings. The van der Waals surface area contributed by atoms with Gasteiger partial charge in [-0.2, -0.15) is 0 Å². The highest BCUT2D eigenvalue weighted by molar-refractivity contribution is 6.04. The van der Waals surface area contributed by atoms with Gasteiger partial charge < -0.3 is 19.6 Å². The molecule has 1 aromatic heterocycles. The molecule has 2 aromatic rings. The third kappa shape index (κ3) is 3.64. The van der Waals surface area contributed by atoms with Crippen LogP contribution in [-0.4, -0.2) is 33.9 Å². The van der Waals surface area contributed by atoms with Gasteiger partial charge in [0, 0.05) is 11.6 Å². The molecule has 28 heavy (non-hydrogen) atoms. The second kappa shape index (κ2) is 7.63. The van der Waals surface area contributed by atoms with Gasteiger partial charge in [-0.25, -0.2) is 4.79 Å². The Bertz CT molecular complexity index is 915. The van der Waals surface area contributed by atoms with Crippen LogP contribution in [0.5, 0.6) is 5.75 Å². The van der Waals surface area contributed by atoms with Gasteiger partial charge in [-0.1, -0.05) is 30.3 Å². The van der Waals surface area contributed by atoms with Crippen molar-refractivity contribution >= 4 is 23.5 Å². The summed E-state index contributed by atoms with van der Waals surface area (Å²) in [6.45, 7) is 4.87. The van der Waals surface area contributed by atoms with Crippen molar-refractivity contribution in [3.8, 4) is 5.75 Å². The van der Waals surface area contributed by atoms with Crippen LogP contribution < -0.4 is 9.64 Å². The summed E-state index contributed by atoms with van der Waals surface area (Å²) in [5.41, 5.74) is 0.589. The van der Waals surface area contributed by atoms with E-state index in [0.717, 1.165) is 4.90 Å². The number of benzene rings is 1. The Morgan fingerprint density at radius 3 is 2.50 bits per heavy atom. The number of esters is 1. The van der Waals surface area contributed by atoms with Crippen LogP contribution in [-0.2, 0) is 14.3 Å². The first-order chi connectivity index (χ1) is 13.3. The number of anilines is 1. The van der Waals surface area contributed by atoms with Crippen LogP contribution in [0.2, 0.25) is 0 Å². The molecule has 0 saturated carbocycles. The maximum absolute atomic E-state index is 13.2. The number of nitrogens with zero attached hydrogens (tertiary/aromatic N) is 3. The van der Waals surface area contributed by atoms with Crippen molar-refractivity contribution < 1.29 is 24.0 Å². The summed E-state index contributed by atoms with van der Waals surface area (Å²) in [5.74, 6) is -1.57. The number of hydrogen-bond acceptors (Lipinski definition) is 7. The van der Waals surface area contributed by atoms with Crippen LogP contribution in [0.1, 0.15) is 32.4 Å². The van der Waals surface area contributed by atoms with Gasteiger partial charge in [-0.3, -0.25) is 9.69 Å². The van der Waals surface area contributed by atoms with Crippen LogP contribution >= 0.6 is 0 Å². The van der Waals surface area contributed by atoms with Gasteiger partial charge >= 0.3 is 11.8 Å². The number of fused-ring (bicyclic) bond motifs is 1. The summed E-state index contributed by atoms with van der Waals surface area (Å²) in [7, 11) is 0. The molecule has 2 unspecified atom stereocenters. The first-order valence-corrected chi connectivity index (χ1v) is 8.70. The van der Waals surface area contributed by atoms with Crippen LogP contribution in [0.3, 0.4) is 0 Å². The summed E-state index contributed by atoms with van der Waals surface area (Å²) in [6.07, 6.45) is -1.39. The van der Waals surface area contributed by atoms with Gasteiger partial charge in [-0.05, 0) is 36.7 Å². The lowest BCUT2D eigenvalue weighted by Crippen LogP contribution is -2.50. The van der Waals surface area contributed by atoms with Crippen LogP contribution in [0.4, 0.5) is 11.6 Å². The van der Waals surface area contributed by atoms with E-state index in [4.69, 9.17) is 9.47 Å². The van der Waals surface area contributed by atoms with E-state index < -0.39 is 34.8 Å². The standard InChI is InChI=1S/C19H19N3O6/c1-11(2)27-19(24)12(3)21-17-14(9-10-15(20-17)22(25)26)28-16(18(21)23)13-7-5-4-6-8-13/h4-12,16H,1-3H3. The zero-order valence-electron chi connectivity index (χ0n) is 15.6. The molecular weight excluding hydrogens is 366 g/mol. The number of nitro groups is 1. The van der Waals surface area contributed by atoms with E-state index in [9.17, 15) is 19.7 Å². The average Bonchev–Trinajstić information content (AvgIpc) is 2.66. The number of pyridine rings is 1. The van der Waals surface area contributed by atoms with Crippen molar-refractivity contribution in [2.24, 2.45) is 0 Å². The number of hydrogen-bond donors (Lipinski definition) is 0. The summed E-state index contributed by atoms with van der Waals surface area (Å²) in [5, 5.41) is 11.1. The minimum atomic E-state index is -1.04. The normalized spacial score (nSPS) is 16.9. The van der Waals surface area contributed by atoms with Crippen LogP contribution in [0, 0.1) is 10.1 Å². The predicted octanol–water partition coefficient (Wildman–Crippen LogP) is 2.80. The van der Waals surface area contributed by atoms with Gasteiger partial charge in [0.15, 0.2) is 5.75 Å². The summed E-state index contributed by atoms with van der Waals surface area (Å²) < 4.78 is 11.0. The second-order valence-corrected chi connectivity index (χ2v) is 6.53. The van der Waals surface area contributed by atoms with E-state index in [1.54, 1.807) is 44.2 Å². The van der Waals surface area contributed by atoms with Gasteiger partial charge in [0.1, 0.15) is 6.04 Å². The molecule has 146 valence electrons. The predicted molar refractivity (Wildman–Crippen MR) is 98.9 cm³/mol. The van der Waals surface area contributed by atoms with Crippen molar-refractivity contribution in [1.29, 1.82) is 0 Å². The lowest BCUT2D eigenvalue weighted by atomic mass is 10.1. The molecule has 1 amide bonds. The molecule has 1 aliphatic rings. The molecule has 9 heteroatoms. The Morgan fingerprint density at radius 2 is 1.89 bits per heavy atom. The molecule has 2 atom stereocenters. The molecule has 0 saturated heterocycles. The minimum absolute atomic E-state index is 0.0837. The monoisotopic (exact) mass is 385 g/mol. The van der Waals surface area contributed by atoms with Gasteiger partial charge in [0.2, 0.25) is 6.10 Å². The fourth-order valence-electron chi connectivity index (χ4n) is 2.85. The smallest absolute Gasteiger partial charge is 0.366 e. The van der Waals surface area contributed by atoms with Gasteiger partial charge in [0.05, 0.1) is 6.10 Å². The zero-order valence-corrected chi connectivity index (χ0v) is 15.6. The summed E-state index contributed by atoms with van der Waals surface area (Å²) >= 11 is 0. The Morgan fingerprint density at radius 1 is 1.21 bits per heavy atom. The third-order valence-electron chi connectivity index (χ3n) is 4.13. The largest absolute Gasteiger partial charge is 0.469 e. The van der Waals surface area contributed by atoms with Crippen molar-refractivity contribution in [1.82, 2.24) is 4.98 Å². The van der Waals surface area contributed by atoms with Crippen LogP contribution in [0.15, 0.2) is 42.5 Å². The molecule has 0 spiro atoms. The Kier molecular flexibility index (Phi) is 5.25. The first-order valence-electron chi connectivity index (χ1n) is 8.70. The van der Waals surface area contributed by atoms with E-state index in [1.807, 2.05) is 0 Å². The van der Waals surface area contributed by atoms with Gasteiger partial charge in [0.25, 0.3) is 11.7 Å². The Labute approximate surface area is 161 Å². The fourth-order valence-corrected chi connectivity index (χ4v) is 2.85.